The van der Waals surface area contributed by atoms with Crippen LogP contribution in [0.1, 0.15) is 0 Å². The molecule has 0 spiro atoms. The average molecular weight is 230 g/mol. The van der Waals surface area contributed by atoms with Crippen LogP contribution in [0.15, 0.2) is 30.5 Å². The third-order valence-electron chi connectivity index (χ3n) is 1.63. The number of aromatic nitrogens is 1. The van der Waals surface area contributed by atoms with E-state index in [0.29, 0.717) is 0 Å². The molecule has 2 aromatic rings. The molecule has 0 amide bonds. The second-order valence-electron chi connectivity index (χ2n) is 2.30. The zero-order valence-corrected chi connectivity index (χ0v) is 7.93. The number of benzene rings is 1. The lowest BCUT2D eigenvalue weighted by atomic mass is 10.2. The van der Waals surface area contributed by atoms with Crippen molar-refractivity contribution in [3.63, 3.8) is 0 Å². The molecule has 0 fully saturated rings. The molecule has 0 aliphatic carbocycles. The number of fused-ring (bicyclic) bond motifs is 1. The van der Waals surface area contributed by atoms with E-state index in [1.165, 1.54) is 0 Å². The van der Waals surface area contributed by atoms with Gasteiger partial charge in [-0.1, -0.05) is 17.7 Å². The summed E-state index contributed by atoms with van der Waals surface area (Å²) >= 11 is 9.30. The molecule has 3 heteroatoms. The molecule has 0 aliphatic rings. The van der Waals surface area contributed by atoms with Crippen LogP contribution in [0.4, 0.5) is 0 Å². The fourth-order valence-electron chi connectivity index (χ4n) is 1.10. The van der Waals surface area contributed by atoms with Gasteiger partial charge >= 0.3 is 0 Å². The van der Waals surface area contributed by atoms with E-state index < -0.39 is 0 Å². The topological polar surface area (TPSA) is 4.93 Å². The van der Waals surface area contributed by atoms with Gasteiger partial charge in [-0.25, -0.2) is 0 Å². The standard InChI is InChI=1S/C8H5BrClN/c9-11-5-4-6-7(10)2-1-3-8(6)11/h1-5H. The minimum Gasteiger partial charge on any atom is -0.284 e. The highest BCUT2D eigenvalue weighted by Gasteiger charge is 2.00. The van der Waals surface area contributed by atoms with Crippen molar-refractivity contribution in [2.24, 2.45) is 0 Å². The Bertz CT molecular complexity index is 394. The molecule has 1 nitrogen and oxygen atoms in total. The van der Waals surface area contributed by atoms with E-state index in [4.69, 9.17) is 11.6 Å². The van der Waals surface area contributed by atoms with Crippen molar-refractivity contribution in [3.05, 3.63) is 35.5 Å². The van der Waals surface area contributed by atoms with E-state index in [-0.39, 0.29) is 0 Å². The van der Waals surface area contributed by atoms with Gasteiger partial charge in [-0.15, -0.1) is 0 Å². The Morgan fingerprint density at radius 3 is 2.82 bits per heavy atom. The number of rotatable bonds is 0. The van der Waals surface area contributed by atoms with Crippen LogP contribution in [0.25, 0.3) is 10.9 Å². The van der Waals surface area contributed by atoms with Crippen molar-refractivity contribution >= 4 is 38.7 Å². The minimum absolute atomic E-state index is 0.792. The van der Waals surface area contributed by atoms with Gasteiger partial charge in [0.05, 0.1) is 21.7 Å². The number of halogens is 2. The van der Waals surface area contributed by atoms with E-state index in [1.807, 2.05) is 34.1 Å². The highest BCUT2D eigenvalue weighted by molar-refractivity contribution is 9.08. The summed E-state index contributed by atoms with van der Waals surface area (Å²) in [4.78, 5) is 0. The molecule has 0 bridgehead atoms. The Balaban J connectivity index is 2.94. The molecule has 1 heterocycles. The predicted octanol–water partition coefficient (Wildman–Crippen LogP) is 3.45. The lowest BCUT2D eigenvalue weighted by Crippen LogP contribution is -1.73. The SMILES string of the molecule is Clc1cccc2c1ccn2Br. The summed E-state index contributed by atoms with van der Waals surface area (Å²) in [6.45, 7) is 0. The van der Waals surface area contributed by atoms with E-state index in [9.17, 15) is 0 Å². The minimum atomic E-state index is 0.792. The van der Waals surface area contributed by atoms with Crippen LogP contribution in [0.2, 0.25) is 5.02 Å². The predicted molar refractivity (Wildman–Crippen MR) is 51.3 cm³/mol. The van der Waals surface area contributed by atoms with Gasteiger partial charge in [0.25, 0.3) is 0 Å². The third kappa shape index (κ3) is 1.06. The Morgan fingerprint density at radius 2 is 2.09 bits per heavy atom. The van der Waals surface area contributed by atoms with Gasteiger partial charge in [0.15, 0.2) is 0 Å². The number of hydrogen-bond donors (Lipinski definition) is 0. The summed E-state index contributed by atoms with van der Waals surface area (Å²) in [5, 5.41) is 1.87. The van der Waals surface area contributed by atoms with Crippen molar-refractivity contribution in [3.8, 4) is 0 Å². The Labute approximate surface area is 77.9 Å². The Hall–Kier alpha value is -0.470. The van der Waals surface area contributed by atoms with Gasteiger partial charge in [-0.05, 0) is 18.2 Å². The molecular formula is C8H5BrClN. The lowest BCUT2D eigenvalue weighted by Gasteiger charge is -1.93. The van der Waals surface area contributed by atoms with Crippen LogP contribution >= 0.6 is 27.7 Å². The van der Waals surface area contributed by atoms with Crippen molar-refractivity contribution in [1.29, 1.82) is 0 Å². The Kier molecular flexibility index (Phi) is 1.66. The first-order valence-electron chi connectivity index (χ1n) is 3.21. The zero-order valence-electron chi connectivity index (χ0n) is 5.59. The van der Waals surface area contributed by atoms with Crippen LogP contribution in [-0.4, -0.2) is 3.59 Å². The summed E-state index contributed by atoms with van der Waals surface area (Å²) in [5.74, 6) is 0. The first kappa shape index (κ1) is 7.19. The molecule has 1 aromatic heterocycles. The number of nitrogens with zero attached hydrogens (tertiary/aromatic N) is 1. The first-order valence-corrected chi connectivity index (χ1v) is 4.29. The molecule has 1 aromatic carbocycles. The van der Waals surface area contributed by atoms with Crippen molar-refractivity contribution in [1.82, 2.24) is 3.59 Å². The van der Waals surface area contributed by atoms with Crippen molar-refractivity contribution in [2.75, 3.05) is 0 Å². The quantitative estimate of drug-likeness (QED) is 0.653. The van der Waals surface area contributed by atoms with Gasteiger partial charge in [-0.2, -0.15) is 0 Å². The monoisotopic (exact) mass is 229 g/mol. The van der Waals surface area contributed by atoms with Gasteiger partial charge in [-0.3, -0.25) is 3.59 Å². The highest BCUT2D eigenvalue weighted by Crippen LogP contribution is 2.24. The van der Waals surface area contributed by atoms with Crippen LogP contribution in [0, 0.1) is 0 Å². The fraction of sp³-hybridized carbons (Fsp3) is 0. The maximum atomic E-state index is 5.94. The van der Waals surface area contributed by atoms with Gasteiger partial charge in [0, 0.05) is 16.6 Å². The van der Waals surface area contributed by atoms with E-state index in [1.54, 1.807) is 0 Å². The zero-order chi connectivity index (χ0) is 7.84. The third-order valence-corrected chi connectivity index (χ3v) is 2.58. The smallest absolute Gasteiger partial charge is 0.0606 e. The van der Waals surface area contributed by atoms with E-state index in [0.717, 1.165) is 15.9 Å². The summed E-state index contributed by atoms with van der Waals surface area (Å²) < 4.78 is 1.87. The van der Waals surface area contributed by atoms with Gasteiger partial charge in [0.2, 0.25) is 0 Å². The molecule has 2 rings (SSSR count). The summed E-state index contributed by atoms with van der Waals surface area (Å²) in [6, 6.07) is 7.81. The summed E-state index contributed by atoms with van der Waals surface area (Å²) in [7, 11) is 0. The first-order chi connectivity index (χ1) is 5.29. The molecule has 0 unspecified atom stereocenters. The highest BCUT2D eigenvalue weighted by atomic mass is 79.9. The molecule has 0 N–H and O–H groups in total. The van der Waals surface area contributed by atoms with Crippen LogP contribution in [-0.2, 0) is 0 Å². The molecule has 0 radical (unpaired) electrons. The fourth-order valence-corrected chi connectivity index (χ4v) is 1.76. The maximum Gasteiger partial charge on any atom is 0.0606 e. The van der Waals surface area contributed by atoms with Gasteiger partial charge in [0.1, 0.15) is 0 Å². The van der Waals surface area contributed by atoms with Crippen LogP contribution in [0.3, 0.4) is 0 Å². The Morgan fingerprint density at radius 1 is 1.27 bits per heavy atom. The average Bonchev–Trinajstić information content (AvgIpc) is 2.35. The normalized spacial score (nSPS) is 10.7. The largest absolute Gasteiger partial charge is 0.284 e. The maximum absolute atomic E-state index is 5.94. The van der Waals surface area contributed by atoms with Crippen molar-refractivity contribution in [2.45, 2.75) is 0 Å². The molecule has 0 saturated heterocycles. The van der Waals surface area contributed by atoms with Crippen molar-refractivity contribution < 1.29 is 0 Å². The lowest BCUT2D eigenvalue weighted by molar-refractivity contribution is 1.39. The second kappa shape index (κ2) is 2.54. The molecule has 56 valence electrons. The molecule has 0 saturated carbocycles. The molecule has 0 atom stereocenters. The summed E-state index contributed by atoms with van der Waals surface area (Å²) in [5.41, 5.74) is 1.09. The van der Waals surface area contributed by atoms with Crippen LogP contribution < -0.4 is 0 Å². The molecule has 0 aliphatic heterocycles. The number of hydrogen-bond acceptors (Lipinski definition) is 0. The van der Waals surface area contributed by atoms with Crippen LogP contribution in [0.5, 0.6) is 0 Å². The molecule has 11 heavy (non-hydrogen) atoms. The second-order valence-corrected chi connectivity index (χ2v) is 3.47. The summed E-state index contributed by atoms with van der Waals surface area (Å²) in [6.07, 6.45) is 1.93. The van der Waals surface area contributed by atoms with E-state index in [2.05, 4.69) is 16.1 Å². The van der Waals surface area contributed by atoms with E-state index >= 15 is 0 Å². The van der Waals surface area contributed by atoms with Gasteiger partial charge < -0.3 is 0 Å². The molecular weight excluding hydrogens is 225 g/mol.